The summed E-state index contributed by atoms with van der Waals surface area (Å²) in [6, 6.07) is 7.01. The summed E-state index contributed by atoms with van der Waals surface area (Å²) >= 11 is 0. The summed E-state index contributed by atoms with van der Waals surface area (Å²) in [6.07, 6.45) is 6.66. The van der Waals surface area contributed by atoms with E-state index in [9.17, 15) is 119 Å². The van der Waals surface area contributed by atoms with Crippen molar-refractivity contribution in [3.05, 3.63) is 36.9 Å². The van der Waals surface area contributed by atoms with Gasteiger partial charge in [0.25, 0.3) is 0 Å². The molecule has 40 heteroatoms. The number of hydrogen-bond acceptors (Lipinski definition) is 30. The molecule has 0 spiro atoms. The third kappa shape index (κ3) is 149. The molecule has 112 heavy (non-hydrogen) atoms. The van der Waals surface area contributed by atoms with Gasteiger partial charge in [0.1, 0.15) is 0 Å². The zero-order valence-electron chi connectivity index (χ0n) is 72.0. The maximum absolute atomic E-state index is 9.91. The van der Waals surface area contributed by atoms with Crippen molar-refractivity contribution in [1.29, 1.82) is 10.5 Å². The van der Waals surface area contributed by atoms with Gasteiger partial charge in [0.15, 0.2) is 11.6 Å². The van der Waals surface area contributed by atoms with Gasteiger partial charge in [0.05, 0.1) is 12.1 Å². The normalized spacial score (nSPS) is 9.64. The Hall–Kier alpha value is -6.32. The minimum Gasteiger partial charge on any atom is -2.00 e. The summed E-state index contributed by atoms with van der Waals surface area (Å²) < 4.78 is 0. The van der Waals surface area contributed by atoms with Gasteiger partial charge in [-0.25, -0.2) is 19.9 Å². The number of carboxylic acid groups (broad SMARTS) is 12. The van der Waals surface area contributed by atoms with Crippen LogP contribution in [0.25, 0.3) is 11.6 Å². The van der Waals surface area contributed by atoms with Crippen molar-refractivity contribution < 1.29 is 242 Å². The fraction of sp³-hybridized carbons (Fsp3) is 0.694. The van der Waals surface area contributed by atoms with E-state index in [2.05, 4.69) is 19.9 Å². The quantitative estimate of drug-likeness (QED) is 0.207. The third-order valence-electron chi connectivity index (χ3n) is 8.68. The molecule has 0 saturated heterocycles. The Kier molecular flexibility index (Phi) is 119. The number of nitriles is 2. The standard InChI is InChI=1S/C8H6N4.12C5H10O2.2C2H3N.4Fe.2Ni.2H2O.2O/c1-3-9-7(10-4-1)8-11-5-2-6-12-8;12*1-5(2,3)4(6)7;2*1-2-3;;;;;;;;;;/h1-6H;12*1-3H3,(H,6,7);2*1H3;;;;;;;2*1H2;;/q;;;;;;;;;;;;;;;2*+2;4*+3;;;2*-2/p-10. The van der Waals surface area contributed by atoms with Crippen LogP contribution in [0.5, 0.6) is 0 Å². The zero-order chi connectivity index (χ0) is 86.6. The second-order valence-corrected chi connectivity index (χ2v) is 33.0. The van der Waals surface area contributed by atoms with E-state index in [1.54, 1.807) is 298 Å². The molecule has 0 fully saturated rings. The molecule has 2 aromatic rings. The van der Waals surface area contributed by atoms with E-state index in [0.29, 0.717) is 11.6 Å². The van der Waals surface area contributed by atoms with Gasteiger partial charge in [-0.15, -0.1) is 0 Å². The van der Waals surface area contributed by atoms with Crippen LogP contribution in [0.2, 0.25) is 0 Å². The largest absolute Gasteiger partial charge is 3.00 e. The first-order valence-corrected chi connectivity index (χ1v) is 30.9. The van der Waals surface area contributed by atoms with E-state index in [1.165, 1.54) is 13.8 Å². The van der Waals surface area contributed by atoms with E-state index >= 15 is 0 Å². The second kappa shape index (κ2) is 78.6. The molecule has 4 radical (unpaired) electrons. The molecular weight excluding hydrogens is 1740 g/mol. The summed E-state index contributed by atoms with van der Waals surface area (Å²) in [6.45, 7) is 60.4. The summed E-state index contributed by atoms with van der Waals surface area (Å²) in [7, 11) is 0. The van der Waals surface area contributed by atoms with Crippen molar-refractivity contribution in [2.75, 3.05) is 0 Å². The van der Waals surface area contributed by atoms with Crippen LogP contribution in [-0.4, -0.2) is 91.6 Å². The molecule has 0 saturated carbocycles. The molecule has 2 rings (SSSR count). The van der Waals surface area contributed by atoms with E-state index in [4.69, 9.17) is 10.5 Å². The van der Waals surface area contributed by atoms with Crippen molar-refractivity contribution in [2.45, 2.75) is 263 Å². The SMILES string of the molecule is CC#N.CC#N.CC(C)(C)C(=O)[O-].CC(C)(C)C(=O)[O-].CC(C)(C)C(=O)[O-].CC(C)(C)C(=O)[O-].CC(C)(C)C(=O)[O-].CC(C)(C)C(=O)[O-].CC(C)(C)C(=O)[O-].CC(C)(C)C(=O)[O-].CC(C)(C)C(=O)[O-].CC(C)(C)C(=O)[O-].CC(C)(C)C(=O)[O-].CC(C)(C)C(=O)[O-].[Fe+2].[Fe+2].[Fe+3].[Fe+3].[Ni+3].[Ni+3].[O-2].[O-2].[OH3+].[OH3+].c1cnc(-c2ncccn2)nc1. The second-order valence-electron chi connectivity index (χ2n) is 33.0. The summed E-state index contributed by atoms with van der Waals surface area (Å²) in [4.78, 5) is 135. The van der Waals surface area contributed by atoms with Gasteiger partial charge in [0, 0.05) is 175 Å². The Morgan fingerprint density at radius 3 is 0.321 bits per heavy atom. The van der Waals surface area contributed by atoms with Crippen LogP contribution in [0.3, 0.4) is 0 Å². The molecule has 0 aromatic carbocycles. The van der Waals surface area contributed by atoms with Crippen LogP contribution in [0.4, 0.5) is 0 Å². The molecule has 0 aliphatic carbocycles. The maximum atomic E-state index is 9.91. The van der Waals surface area contributed by atoms with Gasteiger partial charge in [-0.3, -0.25) is 0 Å². The Morgan fingerprint density at radius 1 is 0.241 bits per heavy atom. The number of hydrogen-bond donors (Lipinski definition) is 0. The number of carboxylic acids is 12. The van der Waals surface area contributed by atoms with Gasteiger partial charge in [0.2, 0.25) is 0 Å². The van der Waals surface area contributed by atoms with Crippen LogP contribution >= 0.6 is 0 Å². The van der Waals surface area contributed by atoms with Crippen LogP contribution in [-0.2, 0) is 181 Å². The molecule has 0 atom stereocenters. The number of carbonyl (C=O) groups excluding carboxylic acids is 12. The molecular formula is C72H126Fe4N6Ni2O28+2. The predicted octanol–water partition coefficient (Wildman–Crippen LogP) is -2.71. The number of carbonyl (C=O) groups is 12. The molecule has 0 aliphatic rings. The monoisotopic (exact) mass is 1860 g/mol. The van der Waals surface area contributed by atoms with Crippen molar-refractivity contribution in [2.24, 2.45) is 65.0 Å². The van der Waals surface area contributed by atoms with E-state index in [-0.39, 0.29) is 123 Å². The zero-order valence-corrected chi connectivity index (χ0v) is 78.4. The molecule has 0 aliphatic heterocycles. The molecule has 0 amide bonds. The van der Waals surface area contributed by atoms with E-state index in [0.717, 1.165) is 0 Å². The van der Waals surface area contributed by atoms with Crippen molar-refractivity contribution in [1.82, 2.24) is 19.9 Å². The van der Waals surface area contributed by atoms with E-state index < -0.39 is 137 Å². The van der Waals surface area contributed by atoms with Crippen molar-refractivity contribution in [3.63, 3.8) is 0 Å². The van der Waals surface area contributed by atoms with Gasteiger partial charge >= 0.3 is 101 Å². The van der Waals surface area contributed by atoms with Crippen molar-refractivity contribution >= 4 is 71.6 Å². The third-order valence-corrected chi connectivity index (χ3v) is 8.68. The van der Waals surface area contributed by atoms with Crippen molar-refractivity contribution in [3.8, 4) is 23.8 Å². The molecule has 0 bridgehead atoms. The minimum absolute atomic E-state index is 0. The average Bonchev–Trinajstić information content (AvgIpc) is 3.38. The first-order chi connectivity index (χ1) is 44.1. The summed E-state index contributed by atoms with van der Waals surface area (Å²) in [5.74, 6) is -11.0. The number of aliphatic carboxylic acids is 12. The Morgan fingerprint density at radius 2 is 0.286 bits per heavy atom. The molecule has 662 valence electrons. The number of rotatable bonds is 1. The molecule has 2 heterocycles. The number of aromatic nitrogens is 4. The summed E-state index contributed by atoms with van der Waals surface area (Å²) in [5, 5.41) is 134. The first kappa shape index (κ1) is 169. The smallest absolute Gasteiger partial charge is 2.00 e. The van der Waals surface area contributed by atoms with Gasteiger partial charge in [-0.2, -0.15) is 10.5 Å². The van der Waals surface area contributed by atoms with E-state index in [1.807, 2.05) is 0 Å². The predicted molar refractivity (Wildman–Crippen MR) is 370 cm³/mol. The maximum Gasteiger partial charge on any atom is 3.00 e. The molecule has 34 nitrogen and oxygen atoms in total. The van der Waals surface area contributed by atoms with Gasteiger partial charge in [-0.1, -0.05) is 249 Å². The molecule has 6 N–H and O–H groups in total. The molecule has 0 unspecified atom stereocenters. The Bertz CT molecular complexity index is 2290. The Labute approximate surface area is 727 Å². The fourth-order valence-electron chi connectivity index (χ4n) is 0.829. The minimum atomic E-state index is -1.01. The average molecular weight is 1860 g/mol. The van der Waals surface area contributed by atoms with Gasteiger partial charge in [-0.05, 0) is 12.1 Å². The van der Waals surface area contributed by atoms with Crippen LogP contribution < -0.4 is 61.3 Å². The topological polar surface area (TPSA) is 704 Å². The fourth-order valence-corrected chi connectivity index (χ4v) is 0.829. The van der Waals surface area contributed by atoms with Crippen LogP contribution in [0.1, 0.15) is 263 Å². The van der Waals surface area contributed by atoms with Crippen LogP contribution in [0.15, 0.2) is 36.9 Å². The Balaban J connectivity index is -0.0000000361. The molecule has 2 aromatic heterocycles. The van der Waals surface area contributed by atoms with Gasteiger partial charge < -0.3 is 141 Å². The van der Waals surface area contributed by atoms with Crippen LogP contribution in [0, 0.1) is 87.6 Å². The number of nitrogens with zero attached hydrogens (tertiary/aromatic N) is 6. The summed E-state index contributed by atoms with van der Waals surface area (Å²) in [5.41, 5.74) is -8.33. The first-order valence-electron chi connectivity index (χ1n) is 30.9.